The lowest BCUT2D eigenvalue weighted by molar-refractivity contribution is 0.102. The first-order chi connectivity index (χ1) is 13.5. The summed E-state index contributed by atoms with van der Waals surface area (Å²) in [5, 5.41) is 6.14. The Balaban J connectivity index is 1.76. The van der Waals surface area contributed by atoms with Crippen molar-refractivity contribution in [3.8, 4) is 5.75 Å². The van der Waals surface area contributed by atoms with E-state index >= 15 is 0 Å². The quantitative estimate of drug-likeness (QED) is 0.654. The van der Waals surface area contributed by atoms with E-state index in [2.05, 4.69) is 27.5 Å². The largest absolute Gasteiger partial charge is 0.495 e. The Kier molecular flexibility index (Phi) is 5.89. The van der Waals surface area contributed by atoms with E-state index in [1.807, 2.05) is 50.2 Å². The van der Waals surface area contributed by atoms with Gasteiger partial charge in [0.05, 0.1) is 25.2 Å². The fraction of sp³-hybridized carbons (Fsp3) is 0.227. The van der Waals surface area contributed by atoms with E-state index in [0.717, 1.165) is 34.5 Å². The maximum Gasteiger partial charge on any atom is 0.275 e. The van der Waals surface area contributed by atoms with Gasteiger partial charge in [-0.2, -0.15) is 0 Å². The maximum absolute atomic E-state index is 12.6. The van der Waals surface area contributed by atoms with Gasteiger partial charge >= 0.3 is 0 Å². The summed E-state index contributed by atoms with van der Waals surface area (Å²) in [4.78, 5) is 21.2. The molecule has 0 aliphatic rings. The second-order valence-electron chi connectivity index (χ2n) is 6.53. The van der Waals surface area contributed by atoms with Crippen LogP contribution in [0.5, 0.6) is 5.75 Å². The lowest BCUT2D eigenvalue weighted by atomic mass is 10.1. The Bertz CT molecular complexity index is 984. The molecular formula is C22H24N4O2. The zero-order chi connectivity index (χ0) is 20.1. The molecule has 0 spiro atoms. The number of rotatable bonds is 6. The van der Waals surface area contributed by atoms with Crippen LogP contribution in [0.25, 0.3) is 0 Å². The van der Waals surface area contributed by atoms with Crippen LogP contribution >= 0.6 is 0 Å². The van der Waals surface area contributed by atoms with Gasteiger partial charge in [-0.05, 0) is 49.1 Å². The topological polar surface area (TPSA) is 76.1 Å². The highest BCUT2D eigenvalue weighted by molar-refractivity contribution is 6.03. The summed E-state index contributed by atoms with van der Waals surface area (Å²) in [7, 11) is 1.62. The minimum Gasteiger partial charge on any atom is -0.495 e. The first-order valence-electron chi connectivity index (χ1n) is 9.15. The number of hydrogen-bond donors (Lipinski definition) is 2. The molecule has 1 heterocycles. The van der Waals surface area contributed by atoms with Gasteiger partial charge in [-0.3, -0.25) is 4.79 Å². The molecule has 0 unspecified atom stereocenters. The molecule has 0 bridgehead atoms. The number of para-hydroxylation sites is 1. The first-order valence-corrected chi connectivity index (χ1v) is 9.15. The number of nitrogens with one attached hydrogen (secondary N) is 2. The number of aryl methyl sites for hydroxylation is 3. The molecule has 1 aromatic heterocycles. The van der Waals surface area contributed by atoms with Crippen LogP contribution in [0, 0.1) is 13.8 Å². The predicted molar refractivity (Wildman–Crippen MR) is 112 cm³/mol. The van der Waals surface area contributed by atoms with Gasteiger partial charge in [0.15, 0.2) is 0 Å². The van der Waals surface area contributed by atoms with E-state index in [-0.39, 0.29) is 11.6 Å². The van der Waals surface area contributed by atoms with Crippen LogP contribution in [0.4, 0.5) is 17.2 Å². The molecule has 0 fully saturated rings. The van der Waals surface area contributed by atoms with E-state index in [9.17, 15) is 4.79 Å². The van der Waals surface area contributed by atoms with Crippen molar-refractivity contribution in [1.29, 1.82) is 0 Å². The number of hydrogen-bond acceptors (Lipinski definition) is 5. The Hall–Kier alpha value is -3.41. The van der Waals surface area contributed by atoms with Gasteiger partial charge in [-0.15, -0.1) is 0 Å². The highest BCUT2D eigenvalue weighted by atomic mass is 16.5. The second kappa shape index (κ2) is 8.52. The molecule has 0 atom stereocenters. The van der Waals surface area contributed by atoms with Crippen LogP contribution in [-0.4, -0.2) is 23.0 Å². The number of benzene rings is 2. The van der Waals surface area contributed by atoms with Crippen molar-refractivity contribution in [3.63, 3.8) is 0 Å². The zero-order valence-electron chi connectivity index (χ0n) is 16.5. The molecule has 0 aliphatic carbocycles. The van der Waals surface area contributed by atoms with E-state index in [1.54, 1.807) is 7.11 Å². The third-order valence-electron chi connectivity index (χ3n) is 4.48. The van der Waals surface area contributed by atoms with Crippen molar-refractivity contribution in [2.45, 2.75) is 27.2 Å². The van der Waals surface area contributed by atoms with Crippen LogP contribution in [0.15, 0.2) is 48.8 Å². The molecule has 0 radical (unpaired) electrons. The van der Waals surface area contributed by atoms with Gasteiger partial charge in [0.1, 0.15) is 17.3 Å². The number of aromatic nitrogens is 2. The fourth-order valence-electron chi connectivity index (χ4n) is 2.95. The van der Waals surface area contributed by atoms with Crippen LogP contribution in [0.2, 0.25) is 0 Å². The molecule has 0 aliphatic heterocycles. The molecule has 3 aromatic rings. The number of ether oxygens (including phenoxy) is 1. The van der Waals surface area contributed by atoms with E-state index in [0.29, 0.717) is 11.6 Å². The van der Waals surface area contributed by atoms with Gasteiger partial charge in [0, 0.05) is 5.69 Å². The molecule has 1 amide bonds. The van der Waals surface area contributed by atoms with Crippen molar-refractivity contribution < 1.29 is 9.53 Å². The molecule has 6 nitrogen and oxygen atoms in total. The fourth-order valence-corrected chi connectivity index (χ4v) is 2.95. The predicted octanol–water partition coefficient (Wildman–Crippen LogP) is 4.66. The van der Waals surface area contributed by atoms with Gasteiger partial charge in [0.25, 0.3) is 5.91 Å². The average molecular weight is 376 g/mol. The molecule has 2 N–H and O–H groups in total. The smallest absolute Gasteiger partial charge is 0.275 e. The summed E-state index contributed by atoms with van der Waals surface area (Å²) in [6.45, 7) is 6.03. The van der Waals surface area contributed by atoms with Gasteiger partial charge in [0.2, 0.25) is 0 Å². The molecule has 144 valence electrons. The van der Waals surface area contributed by atoms with Crippen molar-refractivity contribution in [1.82, 2.24) is 9.97 Å². The number of nitrogens with zero attached hydrogens (tertiary/aromatic N) is 2. The van der Waals surface area contributed by atoms with E-state index < -0.39 is 0 Å². The minimum absolute atomic E-state index is 0.257. The molecule has 2 aromatic carbocycles. The monoisotopic (exact) mass is 376 g/mol. The number of carbonyl (C=O) groups is 1. The van der Waals surface area contributed by atoms with Crippen molar-refractivity contribution in [2.75, 3.05) is 17.7 Å². The third-order valence-corrected chi connectivity index (χ3v) is 4.48. The number of methoxy groups -OCH3 is 1. The standard InChI is InChI=1S/C22H24N4O2/c1-5-16-8-6-7-15(3)21(16)26-22(27)18-12-24-20(13-23-18)25-17-11-14(2)9-10-19(17)28-4/h6-13H,5H2,1-4H3,(H,24,25)(H,26,27). The van der Waals surface area contributed by atoms with Crippen LogP contribution in [-0.2, 0) is 6.42 Å². The molecule has 3 rings (SSSR count). The van der Waals surface area contributed by atoms with Crippen LogP contribution < -0.4 is 15.4 Å². The molecule has 6 heteroatoms. The Morgan fingerprint density at radius 1 is 1.11 bits per heavy atom. The third kappa shape index (κ3) is 4.28. The normalized spacial score (nSPS) is 10.4. The average Bonchev–Trinajstić information content (AvgIpc) is 2.70. The van der Waals surface area contributed by atoms with Crippen molar-refractivity contribution in [3.05, 3.63) is 71.2 Å². The molecule has 0 saturated carbocycles. The number of amides is 1. The molecule has 0 saturated heterocycles. The Labute approximate surface area is 165 Å². The zero-order valence-corrected chi connectivity index (χ0v) is 16.5. The Morgan fingerprint density at radius 3 is 2.61 bits per heavy atom. The minimum atomic E-state index is -0.281. The highest BCUT2D eigenvalue weighted by Gasteiger charge is 2.13. The van der Waals surface area contributed by atoms with Crippen molar-refractivity contribution in [2.24, 2.45) is 0 Å². The summed E-state index contributed by atoms with van der Waals surface area (Å²) in [5.74, 6) is 0.961. The molecule has 28 heavy (non-hydrogen) atoms. The summed E-state index contributed by atoms with van der Waals surface area (Å²) >= 11 is 0. The first kappa shape index (κ1) is 19.4. The lowest BCUT2D eigenvalue weighted by Crippen LogP contribution is -2.16. The number of carbonyl (C=O) groups excluding carboxylic acids is 1. The summed E-state index contributed by atoms with van der Waals surface area (Å²) < 4.78 is 5.36. The van der Waals surface area contributed by atoms with Crippen molar-refractivity contribution >= 4 is 23.1 Å². The maximum atomic E-state index is 12.6. The van der Waals surface area contributed by atoms with Gasteiger partial charge in [-0.1, -0.05) is 31.2 Å². The Morgan fingerprint density at radius 2 is 1.93 bits per heavy atom. The van der Waals surface area contributed by atoms with Gasteiger partial charge in [-0.25, -0.2) is 9.97 Å². The second-order valence-corrected chi connectivity index (χ2v) is 6.53. The van der Waals surface area contributed by atoms with E-state index in [4.69, 9.17) is 4.74 Å². The summed E-state index contributed by atoms with van der Waals surface area (Å²) in [5.41, 5.74) is 5.09. The summed E-state index contributed by atoms with van der Waals surface area (Å²) in [6, 6.07) is 11.8. The van der Waals surface area contributed by atoms with Crippen LogP contribution in [0.3, 0.4) is 0 Å². The van der Waals surface area contributed by atoms with Crippen LogP contribution in [0.1, 0.15) is 34.1 Å². The van der Waals surface area contributed by atoms with Gasteiger partial charge < -0.3 is 15.4 Å². The molecular weight excluding hydrogens is 352 g/mol. The summed E-state index contributed by atoms with van der Waals surface area (Å²) in [6.07, 6.45) is 3.84. The lowest BCUT2D eigenvalue weighted by Gasteiger charge is -2.13. The number of anilines is 3. The van der Waals surface area contributed by atoms with E-state index in [1.165, 1.54) is 12.4 Å². The highest BCUT2D eigenvalue weighted by Crippen LogP contribution is 2.27. The SMILES string of the molecule is CCc1cccc(C)c1NC(=O)c1cnc(Nc2cc(C)ccc2OC)cn1.